The van der Waals surface area contributed by atoms with Crippen molar-refractivity contribution in [2.75, 3.05) is 6.61 Å². The number of halogens is 4. The van der Waals surface area contributed by atoms with E-state index in [-0.39, 0.29) is 0 Å². The molecule has 0 bridgehead atoms. The van der Waals surface area contributed by atoms with Crippen LogP contribution in [0, 0.1) is 0 Å². The first-order valence-corrected chi connectivity index (χ1v) is 8.09. The van der Waals surface area contributed by atoms with Gasteiger partial charge in [-0.3, -0.25) is 0 Å². The Bertz CT molecular complexity index is 629. The molecule has 2 N–H and O–H groups in total. The van der Waals surface area contributed by atoms with Gasteiger partial charge in [0.2, 0.25) is 0 Å². The largest absolute Gasteiger partial charge is 0.492 e. The minimum atomic E-state index is -0.494. The Balaban J connectivity index is 2.42. The van der Waals surface area contributed by atoms with Crippen LogP contribution in [-0.4, -0.2) is 6.61 Å². The van der Waals surface area contributed by atoms with Crippen LogP contribution >= 0.6 is 57.7 Å². The molecule has 0 radical (unpaired) electrons. The van der Waals surface area contributed by atoms with Gasteiger partial charge < -0.3 is 10.5 Å². The molecule has 0 aliphatic heterocycles. The van der Waals surface area contributed by atoms with Gasteiger partial charge >= 0.3 is 0 Å². The molecule has 1 unspecified atom stereocenters. The summed E-state index contributed by atoms with van der Waals surface area (Å²) in [4.78, 5) is 0. The Morgan fingerprint density at radius 2 is 1.80 bits per heavy atom. The van der Waals surface area contributed by atoms with Crippen LogP contribution in [0.1, 0.15) is 24.1 Å². The van der Waals surface area contributed by atoms with E-state index in [9.17, 15) is 0 Å². The average molecular weight is 371 g/mol. The van der Waals surface area contributed by atoms with Crippen molar-refractivity contribution in [2.45, 2.75) is 13.0 Å². The van der Waals surface area contributed by atoms with Crippen LogP contribution in [0.3, 0.4) is 0 Å². The van der Waals surface area contributed by atoms with Gasteiger partial charge in [-0.15, -0.1) is 11.3 Å². The molecule has 7 heteroatoms. The van der Waals surface area contributed by atoms with E-state index in [1.165, 1.54) is 11.3 Å². The van der Waals surface area contributed by atoms with Crippen LogP contribution in [0.4, 0.5) is 0 Å². The molecule has 0 spiro atoms. The minimum Gasteiger partial charge on any atom is -0.492 e. The summed E-state index contributed by atoms with van der Waals surface area (Å²) in [5.41, 5.74) is 7.61. The second-order valence-corrected chi connectivity index (χ2v) is 7.09. The Labute approximate surface area is 141 Å². The van der Waals surface area contributed by atoms with Crippen LogP contribution < -0.4 is 10.5 Å². The van der Waals surface area contributed by atoms with Crippen LogP contribution in [0.15, 0.2) is 18.2 Å². The molecule has 0 fully saturated rings. The van der Waals surface area contributed by atoms with Crippen molar-refractivity contribution in [2.24, 2.45) is 5.73 Å². The molecule has 1 heterocycles. The summed E-state index contributed by atoms with van der Waals surface area (Å²) in [6.45, 7) is 2.38. The maximum atomic E-state index is 6.25. The lowest BCUT2D eigenvalue weighted by atomic mass is 10.0. The Morgan fingerprint density at radius 3 is 2.35 bits per heavy atom. The molecule has 0 amide bonds. The summed E-state index contributed by atoms with van der Waals surface area (Å²) in [5, 5.41) is 0.933. The lowest BCUT2D eigenvalue weighted by Gasteiger charge is -2.15. The van der Waals surface area contributed by atoms with Crippen molar-refractivity contribution in [3.05, 3.63) is 48.0 Å². The SMILES string of the molecule is CCOc1cc(Cl)c(C(N)c2cc(Cl)sc2Cl)cc1Cl. The maximum Gasteiger partial charge on any atom is 0.139 e. The quantitative estimate of drug-likeness (QED) is 0.736. The Morgan fingerprint density at radius 1 is 1.10 bits per heavy atom. The maximum absolute atomic E-state index is 6.25. The predicted octanol–water partition coefficient (Wildman–Crippen LogP) is 5.81. The van der Waals surface area contributed by atoms with E-state index < -0.39 is 6.04 Å². The van der Waals surface area contributed by atoms with E-state index in [0.717, 1.165) is 5.56 Å². The van der Waals surface area contributed by atoms with Gasteiger partial charge in [0.05, 0.1) is 26.3 Å². The highest BCUT2D eigenvalue weighted by Crippen LogP contribution is 2.40. The third kappa shape index (κ3) is 3.35. The molecule has 20 heavy (non-hydrogen) atoms. The summed E-state index contributed by atoms with van der Waals surface area (Å²) in [7, 11) is 0. The van der Waals surface area contributed by atoms with E-state index in [1.54, 1.807) is 18.2 Å². The molecule has 0 aliphatic carbocycles. The zero-order valence-electron chi connectivity index (χ0n) is 10.4. The zero-order chi connectivity index (χ0) is 14.9. The van der Waals surface area contributed by atoms with Crippen molar-refractivity contribution in [3.8, 4) is 5.75 Å². The predicted molar refractivity (Wildman–Crippen MR) is 88.0 cm³/mol. The molecule has 0 saturated heterocycles. The number of nitrogens with two attached hydrogens (primary N) is 1. The van der Waals surface area contributed by atoms with Crippen molar-refractivity contribution < 1.29 is 4.74 Å². The smallest absolute Gasteiger partial charge is 0.139 e. The number of ether oxygens (including phenoxy) is 1. The van der Waals surface area contributed by atoms with Gasteiger partial charge in [0.25, 0.3) is 0 Å². The standard InChI is InChI=1S/C13H11Cl4NOS/c1-2-19-10-5-8(14)6(3-9(10)15)12(18)7-4-11(16)20-13(7)17/h3-5,12H,2,18H2,1H3. The summed E-state index contributed by atoms with van der Waals surface area (Å²) >= 11 is 25.7. The number of hydrogen-bond acceptors (Lipinski definition) is 3. The lowest BCUT2D eigenvalue weighted by Crippen LogP contribution is -2.12. The minimum absolute atomic E-state index is 0.458. The highest BCUT2D eigenvalue weighted by Gasteiger charge is 2.20. The Kier molecular flexibility index (Phi) is 5.46. The third-order valence-corrected chi connectivity index (χ3v) is 4.84. The molecule has 2 rings (SSSR count). The van der Waals surface area contributed by atoms with Crippen molar-refractivity contribution in [3.63, 3.8) is 0 Å². The fraction of sp³-hybridized carbons (Fsp3) is 0.231. The molecule has 108 valence electrons. The van der Waals surface area contributed by atoms with E-state index >= 15 is 0 Å². The highest BCUT2D eigenvalue weighted by molar-refractivity contribution is 7.20. The van der Waals surface area contributed by atoms with Crippen LogP contribution in [-0.2, 0) is 0 Å². The molecular formula is C13H11Cl4NOS. The van der Waals surface area contributed by atoms with Crippen molar-refractivity contribution >= 4 is 57.7 Å². The fourth-order valence-corrected chi connectivity index (χ4v) is 3.83. The van der Waals surface area contributed by atoms with E-state index in [1.807, 2.05) is 6.92 Å². The molecule has 1 atom stereocenters. The summed E-state index contributed by atoms with van der Waals surface area (Å²) in [5.74, 6) is 0.532. The molecular weight excluding hydrogens is 360 g/mol. The van der Waals surface area contributed by atoms with Gasteiger partial charge in [-0.05, 0) is 24.6 Å². The topological polar surface area (TPSA) is 35.2 Å². The summed E-state index contributed by atoms with van der Waals surface area (Å²) < 4.78 is 6.51. The fourth-order valence-electron chi connectivity index (χ4n) is 1.78. The van der Waals surface area contributed by atoms with Crippen molar-refractivity contribution in [1.29, 1.82) is 0 Å². The molecule has 1 aromatic heterocycles. The van der Waals surface area contributed by atoms with Gasteiger partial charge in [-0.2, -0.15) is 0 Å². The second kappa shape index (κ2) is 6.73. The van der Waals surface area contributed by atoms with Gasteiger partial charge in [0.15, 0.2) is 0 Å². The van der Waals surface area contributed by atoms with Gasteiger partial charge in [0.1, 0.15) is 5.75 Å². The first-order chi connectivity index (χ1) is 9.43. The molecule has 0 saturated carbocycles. The first-order valence-electron chi connectivity index (χ1n) is 5.76. The van der Waals surface area contributed by atoms with E-state index in [4.69, 9.17) is 56.9 Å². The number of benzene rings is 1. The van der Waals surface area contributed by atoms with Gasteiger partial charge in [0, 0.05) is 16.7 Å². The summed E-state index contributed by atoms with van der Waals surface area (Å²) in [6.07, 6.45) is 0. The van der Waals surface area contributed by atoms with E-state index in [0.29, 0.717) is 36.6 Å². The second-order valence-electron chi connectivity index (χ2n) is 3.99. The molecule has 1 aromatic carbocycles. The third-order valence-electron chi connectivity index (χ3n) is 2.70. The number of rotatable bonds is 4. The number of hydrogen-bond donors (Lipinski definition) is 1. The molecule has 2 aromatic rings. The number of thiophene rings is 1. The highest BCUT2D eigenvalue weighted by atomic mass is 35.5. The van der Waals surface area contributed by atoms with Gasteiger partial charge in [-0.1, -0.05) is 46.4 Å². The normalized spacial score (nSPS) is 12.5. The monoisotopic (exact) mass is 369 g/mol. The van der Waals surface area contributed by atoms with Crippen molar-refractivity contribution in [1.82, 2.24) is 0 Å². The van der Waals surface area contributed by atoms with Crippen LogP contribution in [0.2, 0.25) is 18.7 Å². The molecule has 2 nitrogen and oxygen atoms in total. The van der Waals surface area contributed by atoms with E-state index in [2.05, 4.69) is 0 Å². The first kappa shape index (κ1) is 16.2. The lowest BCUT2D eigenvalue weighted by molar-refractivity contribution is 0.340. The average Bonchev–Trinajstić information content (AvgIpc) is 2.72. The zero-order valence-corrected chi connectivity index (χ0v) is 14.3. The Hall–Kier alpha value is -0.160. The van der Waals surface area contributed by atoms with Crippen LogP contribution in [0.25, 0.3) is 0 Å². The van der Waals surface area contributed by atoms with Gasteiger partial charge in [-0.25, -0.2) is 0 Å². The molecule has 0 aliphatic rings. The summed E-state index contributed by atoms with van der Waals surface area (Å²) in [6, 6.07) is 4.60. The van der Waals surface area contributed by atoms with Crippen LogP contribution in [0.5, 0.6) is 5.75 Å².